The summed E-state index contributed by atoms with van der Waals surface area (Å²) < 4.78 is 5.46. The monoisotopic (exact) mass is 373 g/mol. The van der Waals surface area contributed by atoms with E-state index in [1.54, 1.807) is 0 Å². The van der Waals surface area contributed by atoms with Crippen LogP contribution in [0.25, 0.3) is 0 Å². The molecule has 1 amide bonds. The van der Waals surface area contributed by atoms with Gasteiger partial charge in [-0.1, -0.05) is 60.7 Å². The maximum atomic E-state index is 12.4. The molecule has 0 saturated heterocycles. The molecule has 0 aromatic heterocycles. The number of rotatable bonds is 10. The minimum Gasteiger partial charge on any atom is -0.480 e. The number of carboxylic acid groups (broad SMARTS) is 1. The van der Waals surface area contributed by atoms with Gasteiger partial charge in [-0.3, -0.25) is 4.79 Å². The fourth-order valence-electron chi connectivity index (χ4n) is 2.47. The van der Waals surface area contributed by atoms with Gasteiger partial charge in [0.15, 0.2) is 6.04 Å². The Morgan fingerprint density at radius 2 is 1.58 bits per heavy atom. The highest BCUT2D eigenvalue weighted by molar-refractivity contribution is 7.80. The topological polar surface area (TPSA) is 75.6 Å². The van der Waals surface area contributed by atoms with Gasteiger partial charge in [0.25, 0.3) is 0 Å². The quantitative estimate of drug-likeness (QED) is 0.560. The van der Waals surface area contributed by atoms with Gasteiger partial charge in [0.1, 0.15) is 0 Å². The lowest BCUT2D eigenvalue weighted by Crippen LogP contribution is -2.47. The minimum absolute atomic E-state index is 0.0966. The summed E-state index contributed by atoms with van der Waals surface area (Å²) in [6.45, 7) is 0.196. The van der Waals surface area contributed by atoms with Crippen LogP contribution in [0.1, 0.15) is 11.1 Å². The van der Waals surface area contributed by atoms with Gasteiger partial charge < -0.3 is 15.2 Å². The van der Waals surface area contributed by atoms with Gasteiger partial charge in [-0.25, -0.2) is 4.79 Å². The number of benzene rings is 2. The molecule has 0 bridgehead atoms. The molecule has 138 valence electrons. The Kier molecular flexibility index (Phi) is 8.18. The van der Waals surface area contributed by atoms with Crippen LogP contribution < -0.4 is 5.32 Å². The fourth-order valence-corrected chi connectivity index (χ4v) is 2.77. The van der Waals surface area contributed by atoms with Crippen LogP contribution in [0.5, 0.6) is 0 Å². The molecule has 0 heterocycles. The Morgan fingerprint density at radius 3 is 2.12 bits per heavy atom. The van der Waals surface area contributed by atoms with E-state index < -0.39 is 17.9 Å². The van der Waals surface area contributed by atoms with E-state index in [4.69, 9.17) is 4.74 Å². The van der Waals surface area contributed by atoms with Gasteiger partial charge in [0.05, 0.1) is 19.1 Å². The second-order valence-corrected chi connectivity index (χ2v) is 6.33. The number of aliphatic carboxylic acids is 1. The fraction of sp³-hybridized carbons (Fsp3) is 0.300. The molecule has 6 heteroatoms. The third-order valence-electron chi connectivity index (χ3n) is 3.93. The van der Waals surface area contributed by atoms with E-state index in [9.17, 15) is 14.7 Å². The molecule has 2 rings (SSSR count). The van der Waals surface area contributed by atoms with Crippen LogP contribution in [0.2, 0.25) is 0 Å². The predicted molar refractivity (Wildman–Crippen MR) is 103 cm³/mol. The first kappa shape index (κ1) is 20.0. The molecule has 2 N–H and O–H groups in total. The van der Waals surface area contributed by atoms with Gasteiger partial charge in [0.2, 0.25) is 5.91 Å². The summed E-state index contributed by atoms with van der Waals surface area (Å²) in [7, 11) is 0. The molecule has 0 aliphatic carbocycles. The highest BCUT2D eigenvalue weighted by atomic mass is 32.1. The van der Waals surface area contributed by atoms with E-state index in [2.05, 4.69) is 17.9 Å². The van der Waals surface area contributed by atoms with E-state index in [0.717, 1.165) is 11.1 Å². The number of amides is 1. The van der Waals surface area contributed by atoms with Crippen LogP contribution in [0.15, 0.2) is 60.7 Å². The molecule has 0 fully saturated rings. The molecular formula is C20H23NO4S. The number of ether oxygens (including phenoxy) is 1. The van der Waals surface area contributed by atoms with Crippen LogP contribution >= 0.6 is 12.6 Å². The molecule has 0 unspecified atom stereocenters. The predicted octanol–water partition coefficient (Wildman–Crippen LogP) is 2.56. The second-order valence-electron chi connectivity index (χ2n) is 5.97. The van der Waals surface area contributed by atoms with Crippen LogP contribution in [-0.2, 0) is 27.4 Å². The van der Waals surface area contributed by atoms with E-state index in [1.807, 2.05) is 60.7 Å². The number of carboxylic acids is 1. The lowest BCUT2D eigenvalue weighted by atomic mass is 10.00. The van der Waals surface area contributed by atoms with Crippen LogP contribution in [0.3, 0.4) is 0 Å². The van der Waals surface area contributed by atoms with Crippen molar-refractivity contribution in [1.29, 1.82) is 0 Å². The summed E-state index contributed by atoms with van der Waals surface area (Å²) in [5.41, 5.74) is 1.95. The van der Waals surface area contributed by atoms with E-state index >= 15 is 0 Å². The van der Waals surface area contributed by atoms with Crippen LogP contribution in [0.4, 0.5) is 0 Å². The van der Waals surface area contributed by atoms with Crippen molar-refractivity contribution < 1.29 is 19.4 Å². The Hall–Kier alpha value is -2.31. The van der Waals surface area contributed by atoms with Crippen molar-refractivity contribution in [3.8, 4) is 0 Å². The molecule has 26 heavy (non-hydrogen) atoms. The van der Waals surface area contributed by atoms with Crippen molar-refractivity contribution >= 4 is 24.5 Å². The smallest absolute Gasteiger partial charge is 0.328 e. The lowest BCUT2D eigenvalue weighted by molar-refractivity contribution is -0.144. The molecule has 2 aromatic carbocycles. The summed E-state index contributed by atoms with van der Waals surface area (Å²) in [6.07, 6.45) is 0.507. The summed E-state index contributed by atoms with van der Waals surface area (Å²) >= 11 is 4.24. The number of nitrogens with one attached hydrogen (secondary N) is 1. The minimum atomic E-state index is -1.12. The standard InChI is InChI=1S/C20H23NO4S/c22-19(17(14-26)11-15-7-3-1-4-8-15)21-18(20(23)24)13-25-12-16-9-5-2-6-10-16/h1-10,17-18,26H,11-14H2,(H,21,22)(H,23,24)/t17-,18-/m0/s1. The van der Waals surface area contributed by atoms with Crippen molar-refractivity contribution in [2.24, 2.45) is 5.92 Å². The zero-order chi connectivity index (χ0) is 18.8. The summed E-state index contributed by atoms with van der Waals surface area (Å²) in [5, 5.41) is 11.9. The van der Waals surface area contributed by atoms with Gasteiger partial charge in [0, 0.05) is 5.75 Å². The largest absolute Gasteiger partial charge is 0.480 e. The average molecular weight is 373 g/mol. The SMILES string of the molecule is O=C(N[C@@H](COCc1ccccc1)C(=O)O)[C@H](CS)Cc1ccccc1. The zero-order valence-corrected chi connectivity index (χ0v) is 15.3. The third kappa shape index (κ3) is 6.54. The molecule has 0 aliphatic rings. The molecule has 2 aromatic rings. The number of thiol groups is 1. The second kappa shape index (κ2) is 10.6. The van der Waals surface area contributed by atoms with Crippen molar-refractivity contribution in [3.05, 3.63) is 71.8 Å². The Morgan fingerprint density at radius 1 is 1.00 bits per heavy atom. The van der Waals surface area contributed by atoms with E-state index in [0.29, 0.717) is 18.8 Å². The van der Waals surface area contributed by atoms with Crippen molar-refractivity contribution in [2.45, 2.75) is 19.1 Å². The highest BCUT2D eigenvalue weighted by Crippen LogP contribution is 2.11. The highest BCUT2D eigenvalue weighted by Gasteiger charge is 2.25. The lowest BCUT2D eigenvalue weighted by Gasteiger charge is -2.19. The average Bonchev–Trinajstić information content (AvgIpc) is 2.66. The Labute approximate surface area is 158 Å². The van der Waals surface area contributed by atoms with Crippen molar-refractivity contribution in [3.63, 3.8) is 0 Å². The Balaban J connectivity index is 1.88. The van der Waals surface area contributed by atoms with Gasteiger partial charge in [-0.2, -0.15) is 12.6 Å². The maximum absolute atomic E-state index is 12.4. The van der Waals surface area contributed by atoms with Gasteiger partial charge in [-0.15, -0.1) is 0 Å². The number of hydrogen-bond donors (Lipinski definition) is 3. The number of carbonyl (C=O) groups is 2. The van der Waals surface area contributed by atoms with E-state index in [-0.39, 0.29) is 12.5 Å². The first-order valence-corrected chi connectivity index (χ1v) is 9.03. The van der Waals surface area contributed by atoms with Gasteiger partial charge in [-0.05, 0) is 17.5 Å². The van der Waals surface area contributed by atoms with Gasteiger partial charge >= 0.3 is 5.97 Å². The molecule has 0 radical (unpaired) electrons. The Bertz CT molecular complexity index is 693. The molecule has 0 aliphatic heterocycles. The van der Waals surface area contributed by atoms with E-state index in [1.165, 1.54) is 0 Å². The molecule has 2 atom stereocenters. The maximum Gasteiger partial charge on any atom is 0.328 e. The first-order valence-electron chi connectivity index (χ1n) is 8.39. The molecule has 5 nitrogen and oxygen atoms in total. The van der Waals surface area contributed by atoms with Crippen molar-refractivity contribution in [2.75, 3.05) is 12.4 Å². The first-order chi connectivity index (χ1) is 12.6. The molecule has 0 saturated carbocycles. The molecule has 0 spiro atoms. The normalized spacial score (nSPS) is 13.0. The molecular weight excluding hydrogens is 350 g/mol. The van der Waals surface area contributed by atoms with Crippen molar-refractivity contribution in [1.82, 2.24) is 5.32 Å². The summed E-state index contributed by atoms with van der Waals surface area (Å²) in [5.74, 6) is -1.53. The number of hydrogen-bond acceptors (Lipinski definition) is 4. The summed E-state index contributed by atoms with van der Waals surface area (Å²) in [6, 6.07) is 17.9. The zero-order valence-electron chi connectivity index (χ0n) is 14.4. The third-order valence-corrected chi connectivity index (χ3v) is 4.37. The van der Waals surface area contributed by atoms with Crippen LogP contribution in [0, 0.1) is 5.92 Å². The summed E-state index contributed by atoms with van der Waals surface area (Å²) in [4.78, 5) is 23.9. The van der Waals surface area contributed by atoms with Crippen LogP contribution in [-0.4, -0.2) is 35.4 Å². The number of carbonyl (C=O) groups excluding carboxylic acids is 1.